The third kappa shape index (κ3) is 7.48. The molecule has 2 heterocycles. The Bertz CT molecular complexity index is 3140. The molecular weight excluding hydrogens is 901 g/mol. The van der Waals surface area contributed by atoms with E-state index in [9.17, 15) is 0 Å². The Morgan fingerprint density at radius 2 is 0.814 bits per heavy atom. The van der Waals surface area contributed by atoms with Crippen LogP contribution in [0.4, 0.5) is 11.4 Å². The lowest BCUT2D eigenvalue weighted by Crippen LogP contribution is -2.31. The van der Waals surface area contributed by atoms with Gasteiger partial charge < -0.3 is 0 Å². The molecule has 348 valence electrons. The van der Waals surface area contributed by atoms with Crippen molar-refractivity contribution in [1.29, 1.82) is 0 Å². The maximum atomic E-state index is 15.4. The standard InChI is InChI=1S/C62H54N2O4S2/c1-37-17-15-29-43(39-19-9-10-20-39)57(37)63-59(65)53-49(33-35-51(55(53)61(63)67)69-41-23-5-3-6-24-41)47-31-32-48(46-28-14-13-27-45(46)47)50-34-36-52(70-42-25-7-4-8-26-42)56-54(50)60(66)64(62(56)68)58-38(2)18-16-30-44(58)40-21-11-12-22-40/h9-19,21,27-36,41-42H,3-8,20,22-26H2,1-2H3. The minimum absolute atomic E-state index is 0.282. The van der Waals surface area contributed by atoms with Crippen molar-refractivity contribution in [2.24, 2.45) is 0 Å². The van der Waals surface area contributed by atoms with Gasteiger partial charge in [-0.3, -0.25) is 19.2 Å². The second-order valence-electron chi connectivity index (χ2n) is 19.7. The molecule has 0 unspecified atom stereocenters. The molecule has 0 atom stereocenters. The normalized spacial score (nSPS) is 18.1. The highest BCUT2D eigenvalue weighted by Gasteiger charge is 2.45. The van der Waals surface area contributed by atoms with Gasteiger partial charge in [-0.15, -0.1) is 23.5 Å². The number of benzene rings is 6. The summed E-state index contributed by atoms with van der Waals surface area (Å²) >= 11 is 3.50. The zero-order valence-electron chi connectivity index (χ0n) is 39.7. The molecule has 2 aliphatic heterocycles. The van der Waals surface area contributed by atoms with Crippen LogP contribution in [-0.4, -0.2) is 34.1 Å². The van der Waals surface area contributed by atoms with Crippen LogP contribution in [0.3, 0.4) is 0 Å². The first-order chi connectivity index (χ1) is 34.3. The van der Waals surface area contributed by atoms with E-state index in [1.807, 2.05) is 98.8 Å². The molecule has 0 N–H and O–H groups in total. The lowest BCUT2D eigenvalue weighted by Gasteiger charge is -2.23. The summed E-state index contributed by atoms with van der Waals surface area (Å²) < 4.78 is 0. The molecule has 0 radical (unpaired) electrons. The quantitative estimate of drug-likeness (QED) is 0.127. The van der Waals surface area contributed by atoms with Crippen molar-refractivity contribution >= 4 is 80.4 Å². The van der Waals surface area contributed by atoms with E-state index in [4.69, 9.17) is 0 Å². The van der Waals surface area contributed by atoms with Crippen LogP contribution in [-0.2, 0) is 0 Å². The summed E-state index contributed by atoms with van der Waals surface area (Å²) in [6.45, 7) is 3.96. The van der Waals surface area contributed by atoms with Gasteiger partial charge in [0.2, 0.25) is 0 Å². The van der Waals surface area contributed by atoms with Gasteiger partial charge in [-0.2, -0.15) is 0 Å². The van der Waals surface area contributed by atoms with Gasteiger partial charge in [-0.1, -0.05) is 160 Å². The number of imide groups is 2. The monoisotopic (exact) mass is 954 g/mol. The molecule has 12 rings (SSSR count). The number of allylic oxidation sites excluding steroid dienone is 8. The van der Waals surface area contributed by atoms with Crippen LogP contribution in [0, 0.1) is 13.8 Å². The van der Waals surface area contributed by atoms with Crippen molar-refractivity contribution in [2.75, 3.05) is 9.80 Å². The number of hydrogen-bond acceptors (Lipinski definition) is 6. The third-order valence-electron chi connectivity index (χ3n) is 15.4. The van der Waals surface area contributed by atoms with Gasteiger partial charge >= 0.3 is 0 Å². The number of para-hydroxylation sites is 2. The second kappa shape index (κ2) is 18.4. The molecule has 8 heteroatoms. The van der Waals surface area contributed by atoms with Gasteiger partial charge in [-0.25, -0.2) is 9.80 Å². The SMILES string of the molecule is Cc1cccc(C2=CC=CC2)c1N1C(=O)c2c(SC3CCCCC3)ccc(-c3ccc(-c4ccc(SC5CCCCC5)c5c4C(=O)N(c4c(C)cccc4C4=CC=CC4)C5=O)c4ccccc34)c2C1=O. The Hall–Kier alpha value is -6.48. The van der Waals surface area contributed by atoms with Crippen molar-refractivity contribution in [3.8, 4) is 22.3 Å². The molecule has 2 saturated carbocycles. The fourth-order valence-electron chi connectivity index (χ4n) is 11.9. The van der Waals surface area contributed by atoms with Crippen molar-refractivity contribution < 1.29 is 19.2 Å². The van der Waals surface area contributed by atoms with E-state index in [1.165, 1.54) is 22.6 Å². The van der Waals surface area contributed by atoms with Crippen LogP contribution in [0.15, 0.2) is 143 Å². The van der Waals surface area contributed by atoms with Crippen molar-refractivity contribution in [3.63, 3.8) is 0 Å². The minimum Gasteiger partial charge on any atom is -0.268 e. The molecule has 70 heavy (non-hydrogen) atoms. The number of rotatable bonds is 10. The number of carbonyl (C=O) groups excluding carboxylic acids is 4. The average molecular weight is 955 g/mol. The lowest BCUT2D eigenvalue weighted by atomic mass is 9.87. The number of hydrogen-bond donors (Lipinski definition) is 0. The van der Waals surface area contributed by atoms with E-state index >= 15 is 19.2 Å². The summed E-state index contributed by atoms with van der Waals surface area (Å²) in [7, 11) is 0. The summed E-state index contributed by atoms with van der Waals surface area (Å²) in [6.07, 6.45) is 25.3. The van der Waals surface area contributed by atoms with Crippen molar-refractivity contribution in [3.05, 3.63) is 178 Å². The lowest BCUT2D eigenvalue weighted by molar-refractivity contribution is 0.0909. The molecule has 0 spiro atoms. The Balaban J connectivity index is 1.02. The highest BCUT2D eigenvalue weighted by atomic mass is 32.2. The number of carbonyl (C=O) groups is 4. The molecule has 6 aromatic carbocycles. The maximum Gasteiger partial charge on any atom is 0.267 e. The summed E-state index contributed by atoms with van der Waals surface area (Å²) in [5.41, 5.74) is 11.8. The van der Waals surface area contributed by atoms with Gasteiger partial charge in [-0.05, 0) is 120 Å². The smallest absolute Gasteiger partial charge is 0.267 e. The molecule has 6 aromatic rings. The first-order valence-corrected chi connectivity index (χ1v) is 26.9. The van der Waals surface area contributed by atoms with Gasteiger partial charge in [0.1, 0.15) is 0 Å². The van der Waals surface area contributed by atoms with E-state index < -0.39 is 0 Å². The average Bonchev–Trinajstić information content (AvgIpc) is 4.21. The summed E-state index contributed by atoms with van der Waals surface area (Å²) in [6, 6.07) is 32.5. The zero-order chi connectivity index (χ0) is 47.6. The minimum atomic E-state index is -0.316. The van der Waals surface area contributed by atoms with Gasteiger partial charge in [0.05, 0.1) is 33.6 Å². The molecule has 6 aliphatic rings. The topological polar surface area (TPSA) is 74.8 Å². The number of anilines is 2. The van der Waals surface area contributed by atoms with E-state index in [0.717, 1.165) is 129 Å². The maximum absolute atomic E-state index is 15.4. The first-order valence-electron chi connectivity index (χ1n) is 25.2. The van der Waals surface area contributed by atoms with E-state index in [1.54, 1.807) is 23.5 Å². The van der Waals surface area contributed by atoms with Crippen LogP contribution >= 0.6 is 23.5 Å². The number of nitrogens with zero attached hydrogens (tertiary/aromatic N) is 2. The molecule has 4 aliphatic carbocycles. The van der Waals surface area contributed by atoms with Crippen LogP contribution in [0.2, 0.25) is 0 Å². The van der Waals surface area contributed by atoms with E-state index in [-0.39, 0.29) is 23.6 Å². The second-order valence-corrected chi connectivity index (χ2v) is 22.4. The Labute approximate surface area is 418 Å². The Kier molecular flexibility index (Phi) is 11.7. The number of thioether (sulfide) groups is 2. The predicted octanol–water partition coefficient (Wildman–Crippen LogP) is 15.9. The Morgan fingerprint density at radius 3 is 1.21 bits per heavy atom. The molecule has 4 amide bonds. The molecule has 2 fully saturated rings. The largest absolute Gasteiger partial charge is 0.268 e. The number of amides is 4. The van der Waals surface area contributed by atoms with Crippen LogP contribution < -0.4 is 9.80 Å². The van der Waals surface area contributed by atoms with E-state index in [2.05, 4.69) is 48.6 Å². The summed E-state index contributed by atoms with van der Waals surface area (Å²) in [5.74, 6) is -1.20. The summed E-state index contributed by atoms with van der Waals surface area (Å²) in [5, 5.41) is 2.52. The van der Waals surface area contributed by atoms with Gasteiger partial charge in [0.15, 0.2) is 0 Å². The van der Waals surface area contributed by atoms with E-state index in [0.29, 0.717) is 55.3 Å². The number of aryl methyl sites for hydroxylation is 2. The molecule has 0 bridgehead atoms. The van der Waals surface area contributed by atoms with Crippen LogP contribution in [0.25, 0.3) is 44.2 Å². The third-order valence-corrected chi connectivity index (χ3v) is 18.2. The zero-order valence-corrected chi connectivity index (χ0v) is 41.3. The molecule has 6 nitrogen and oxygen atoms in total. The first kappa shape index (κ1) is 44.7. The fraction of sp³-hybridized carbons (Fsp3) is 0.258. The van der Waals surface area contributed by atoms with Crippen molar-refractivity contribution in [2.45, 2.75) is 111 Å². The van der Waals surface area contributed by atoms with Gasteiger partial charge in [0, 0.05) is 31.4 Å². The fourth-order valence-corrected chi connectivity index (χ4v) is 14.7. The van der Waals surface area contributed by atoms with Crippen LogP contribution in [0.5, 0.6) is 0 Å². The Morgan fingerprint density at radius 1 is 0.414 bits per heavy atom. The summed E-state index contributed by atoms with van der Waals surface area (Å²) in [4.78, 5) is 65.9. The molecular formula is C62H54N2O4S2. The molecule has 0 saturated heterocycles. The van der Waals surface area contributed by atoms with Crippen molar-refractivity contribution in [1.82, 2.24) is 0 Å². The predicted molar refractivity (Wildman–Crippen MR) is 288 cm³/mol. The molecule has 0 aromatic heterocycles. The number of fused-ring (bicyclic) bond motifs is 3. The highest BCUT2D eigenvalue weighted by Crippen LogP contribution is 2.50. The van der Waals surface area contributed by atoms with Gasteiger partial charge in [0.25, 0.3) is 23.6 Å². The van der Waals surface area contributed by atoms with Crippen LogP contribution in [0.1, 0.15) is 141 Å². The highest BCUT2D eigenvalue weighted by molar-refractivity contribution is 8.00.